The van der Waals surface area contributed by atoms with Gasteiger partial charge in [-0.2, -0.15) is 59.1 Å². The molecule has 0 atom stereocenters. The Balaban J connectivity index is 0.000000128. The predicted octanol–water partition coefficient (Wildman–Crippen LogP) is 13.7. The third-order valence-electron chi connectivity index (χ3n) is 14.8. The number of halogens is 12. The minimum absolute atomic E-state index is 0.0144. The number of nitrogen functional groups attached to an aromatic ring is 9. The fourth-order valence-electron chi connectivity index (χ4n) is 9.62. The fraction of sp³-hybridized carbons (Fsp3) is 0.0156. The zero-order valence-corrected chi connectivity index (χ0v) is 56.6. The number of benzene rings is 9. The summed E-state index contributed by atoms with van der Waals surface area (Å²) in [6, 6.07) is 37.7. The number of H-pyrrole nitrogens is 9. The van der Waals surface area contributed by atoms with Crippen molar-refractivity contribution in [1.82, 2.24) is 91.8 Å². The lowest BCUT2D eigenvalue weighted by Gasteiger charge is -2.07. The van der Waals surface area contributed by atoms with Gasteiger partial charge in [0.15, 0.2) is 64.0 Å². The normalized spacial score (nSPS) is 10.9. The van der Waals surface area contributed by atoms with Gasteiger partial charge in [0.2, 0.25) is 0 Å². The molecule has 0 unspecified atom stereocenters. The van der Waals surface area contributed by atoms with Gasteiger partial charge >= 0.3 is 6.18 Å². The molecule has 0 saturated heterocycles. The van der Waals surface area contributed by atoms with Crippen LogP contribution in [0.5, 0.6) is 0 Å². The monoisotopic (exact) mass is 1590 g/mol. The summed E-state index contributed by atoms with van der Waals surface area (Å²) in [4.78, 5) is 9.95. The lowest BCUT2D eigenvalue weighted by Crippen LogP contribution is -2.08. The fourth-order valence-corrected chi connectivity index (χ4v) is 10.3. The van der Waals surface area contributed by atoms with Crippen molar-refractivity contribution in [3.63, 3.8) is 0 Å². The molecule has 18 rings (SSSR count). The van der Waals surface area contributed by atoms with Crippen molar-refractivity contribution in [2.24, 2.45) is 0 Å². The van der Waals surface area contributed by atoms with Crippen molar-refractivity contribution in [2.75, 3.05) is 51.6 Å². The maximum atomic E-state index is 13.3. The van der Waals surface area contributed by atoms with E-state index in [1.54, 1.807) is 42.5 Å². The number of non-ortho nitro benzene ring substituents is 1. The molecule has 0 radical (unpaired) electrons. The van der Waals surface area contributed by atoms with Gasteiger partial charge in [-0.3, -0.25) is 56.0 Å². The predicted molar refractivity (Wildman–Crippen MR) is 391 cm³/mol. The molecule has 0 bridgehead atoms. The average molecular weight is 1600 g/mol. The molecule has 42 heteroatoms. The number of hydrogen-bond acceptors (Lipinski definition) is 20. The van der Waals surface area contributed by atoms with Crippen LogP contribution in [0.4, 0.5) is 102 Å². The van der Waals surface area contributed by atoms with Crippen molar-refractivity contribution in [3.8, 4) is 0 Å². The Labute approximate surface area is 600 Å². The highest BCUT2D eigenvalue weighted by Gasteiger charge is 2.35. The van der Waals surface area contributed by atoms with Gasteiger partial charge in [-0.15, -0.1) is 0 Å². The summed E-state index contributed by atoms with van der Waals surface area (Å²) in [5, 5.41) is 72.1. The minimum atomic E-state index is -4.72. The number of rotatable bonds is 1. The number of nitrogens with one attached hydrogen (secondary N) is 9. The summed E-state index contributed by atoms with van der Waals surface area (Å²) in [6.07, 6.45) is -4.72. The van der Waals surface area contributed by atoms with Crippen molar-refractivity contribution < 1.29 is 48.8 Å². The third kappa shape index (κ3) is 17.3. The number of fused-ring (bicyclic) bond motifs is 9. The Morgan fingerprint density at radius 3 is 1.31 bits per heavy atom. The summed E-state index contributed by atoms with van der Waals surface area (Å²) in [5.74, 6) is -1.27. The number of nitro benzene ring substituents is 1. The highest BCUT2D eigenvalue weighted by molar-refractivity contribution is 9.10. The van der Waals surface area contributed by atoms with Gasteiger partial charge < -0.3 is 51.6 Å². The first-order valence-electron chi connectivity index (χ1n) is 29.7. The first-order chi connectivity index (χ1) is 50.4. The van der Waals surface area contributed by atoms with Gasteiger partial charge in [-0.05, 0) is 121 Å². The topological polar surface area (TPSA) is 535 Å². The molecule has 18 aromatic rings. The zero-order valence-electron chi connectivity index (χ0n) is 53.5. The smallest absolute Gasteiger partial charge is 0.382 e. The van der Waals surface area contributed by atoms with E-state index in [2.05, 4.69) is 124 Å². The van der Waals surface area contributed by atoms with E-state index >= 15 is 0 Å². The van der Waals surface area contributed by atoms with Gasteiger partial charge in [0, 0.05) is 64.8 Å². The van der Waals surface area contributed by atoms with Crippen molar-refractivity contribution >= 4 is 188 Å². The summed E-state index contributed by atoms with van der Waals surface area (Å²) < 4.78 is 129. The van der Waals surface area contributed by atoms with E-state index in [0.29, 0.717) is 78.8 Å². The number of aromatic amines is 9. The Hall–Kier alpha value is -13.9. The molecule has 544 valence electrons. The van der Waals surface area contributed by atoms with E-state index in [-0.39, 0.29) is 74.0 Å². The van der Waals surface area contributed by atoms with Crippen LogP contribution in [-0.2, 0) is 6.18 Å². The number of anilines is 9. The lowest BCUT2D eigenvalue weighted by molar-refractivity contribution is -0.384. The SMILES string of the molecule is Nc1n[nH]c2c(F)c(C(F)(F)F)ccc12.Nc1n[nH]c2c(F)cc(F)cc12.Nc1n[nH]c2c(F)cccc12.Nc1n[nH]c2cc(Br)ccc12.Nc1n[nH]c2cc(F)ccc12.Nc1n[nH]c2ccc(Br)cc12.Nc1n[nH]c2ccc(F)cc12.Nc1n[nH]c2ccc([N+](=O)[O-])cc12.Nc1n[nH]c2cccc(F)c12. The second-order valence-corrected chi connectivity index (χ2v) is 23.5. The quantitative estimate of drug-likeness (QED) is 0.0412. The van der Waals surface area contributed by atoms with Crippen LogP contribution in [0.15, 0.2) is 161 Å². The van der Waals surface area contributed by atoms with E-state index < -0.39 is 34.1 Å². The zero-order chi connectivity index (χ0) is 76.4. The molecule has 0 aliphatic rings. The number of nitro groups is 1. The molecule has 106 heavy (non-hydrogen) atoms. The molecular formula is C64H52Br2F10N28O2. The first-order valence-corrected chi connectivity index (χ1v) is 31.3. The summed E-state index contributed by atoms with van der Waals surface area (Å²) >= 11 is 6.71. The Kier molecular flexibility index (Phi) is 22.5. The number of para-hydroxylation sites is 1. The van der Waals surface area contributed by atoms with E-state index in [1.807, 2.05) is 36.4 Å². The summed E-state index contributed by atoms with van der Waals surface area (Å²) in [5.41, 5.74) is 52.5. The van der Waals surface area contributed by atoms with Crippen LogP contribution >= 0.6 is 31.9 Å². The van der Waals surface area contributed by atoms with Crippen molar-refractivity contribution in [3.05, 3.63) is 217 Å². The van der Waals surface area contributed by atoms with Crippen molar-refractivity contribution in [1.29, 1.82) is 0 Å². The molecule has 9 aromatic heterocycles. The van der Waals surface area contributed by atoms with E-state index in [1.165, 1.54) is 48.5 Å². The van der Waals surface area contributed by atoms with Crippen LogP contribution in [0.2, 0.25) is 0 Å². The Morgan fingerprint density at radius 1 is 0.330 bits per heavy atom. The molecule has 9 aromatic carbocycles. The molecule has 0 saturated carbocycles. The minimum Gasteiger partial charge on any atom is -0.382 e. The molecule has 30 nitrogen and oxygen atoms in total. The van der Waals surface area contributed by atoms with Crippen molar-refractivity contribution in [2.45, 2.75) is 6.18 Å². The standard InChI is InChI=1S/C8H5F4N3.2C7H6BrN3.C7H5F2N3.4C7H6FN3.C7H6N4O2/c9-5-4(8(10,11)12)2-1-3-6(5)14-15-7(3)13;8-4-1-2-6-5(3-4)7(9)11-10-6;8-4-1-2-5-6(3-4)10-11-7(5)9;8-3-1-4-6(5(9)2-3)11-12-7(4)10;8-4-1-2-6-5(3-4)7(9)11-10-6;8-4-1-2-5-6(3-4)10-11-7(5)9;8-4-2-1-3-5-6(4)7(9)11-10-5;8-5-3-1-2-4-6(5)10-11-7(4)9;8-7-5-3-4(11(12)13)1-2-6(5)9-10-7/h1-2H,(H3,13,14,15);2*1-3H,(H3,9,10,11);1-2H,(H3,10,11,12);4*1-3H,(H3,9,10,11);1-3H,(H3,8,9,10). The Bertz CT molecular complexity index is 5980. The highest BCUT2D eigenvalue weighted by atomic mass is 79.9. The third-order valence-corrected chi connectivity index (χ3v) is 15.8. The van der Waals surface area contributed by atoms with Crippen LogP contribution in [0.1, 0.15) is 5.56 Å². The number of nitrogens with two attached hydrogens (primary N) is 9. The summed E-state index contributed by atoms with van der Waals surface area (Å²) in [7, 11) is 0. The highest BCUT2D eigenvalue weighted by Crippen LogP contribution is 2.35. The molecule has 0 amide bonds. The van der Waals surface area contributed by atoms with E-state index in [0.717, 1.165) is 59.9 Å². The first kappa shape index (κ1) is 74.8. The molecule has 0 aliphatic carbocycles. The van der Waals surface area contributed by atoms with Crippen LogP contribution < -0.4 is 51.6 Å². The number of hydrogen-bond donors (Lipinski definition) is 18. The van der Waals surface area contributed by atoms with Gasteiger partial charge in [0.25, 0.3) is 5.69 Å². The second kappa shape index (κ2) is 31.9. The van der Waals surface area contributed by atoms with Gasteiger partial charge in [0.1, 0.15) is 45.6 Å². The number of alkyl halides is 3. The lowest BCUT2D eigenvalue weighted by atomic mass is 10.1. The van der Waals surface area contributed by atoms with E-state index in [9.17, 15) is 54.0 Å². The molecule has 27 N–H and O–H groups in total. The molecule has 0 fully saturated rings. The average Bonchev–Trinajstić information content (AvgIpc) is 0.861. The molecule has 0 aliphatic heterocycles. The largest absolute Gasteiger partial charge is 0.419 e. The van der Waals surface area contributed by atoms with Gasteiger partial charge in [-0.25, -0.2) is 30.7 Å². The molecular weight excluding hydrogens is 1540 g/mol. The maximum absolute atomic E-state index is 13.3. The number of aromatic nitrogens is 18. The summed E-state index contributed by atoms with van der Waals surface area (Å²) in [6.45, 7) is 0. The van der Waals surface area contributed by atoms with Crippen LogP contribution in [0.25, 0.3) is 98.1 Å². The van der Waals surface area contributed by atoms with Gasteiger partial charge in [0.05, 0.1) is 54.4 Å². The van der Waals surface area contributed by atoms with Crippen LogP contribution in [0, 0.1) is 50.8 Å². The van der Waals surface area contributed by atoms with E-state index in [4.69, 9.17) is 51.6 Å². The number of nitrogens with zero attached hydrogens (tertiary/aromatic N) is 10. The second-order valence-electron chi connectivity index (χ2n) is 21.7. The van der Waals surface area contributed by atoms with Gasteiger partial charge in [-0.1, -0.05) is 44.0 Å². The van der Waals surface area contributed by atoms with Crippen LogP contribution in [0.3, 0.4) is 0 Å². The molecule has 0 spiro atoms. The maximum Gasteiger partial charge on any atom is 0.419 e. The Morgan fingerprint density at radius 2 is 0.726 bits per heavy atom. The van der Waals surface area contributed by atoms with Crippen LogP contribution in [-0.4, -0.2) is 96.7 Å². The molecule has 9 heterocycles.